The second-order valence-electron chi connectivity index (χ2n) is 3.56. The minimum absolute atomic E-state index is 0.0884. The lowest BCUT2D eigenvalue weighted by Crippen LogP contribution is -2.16. The molecule has 0 saturated heterocycles. The van der Waals surface area contributed by atoms with Gasteiger partial charge in [0.1, 0.15) is 0 Å². The minimum Gasteiger partial charge on any atom is -0.469 e. The first-order valence-corrected chi connectivity index (χ1v) is 5.29. The van der Waals surface area contributed by atoms with E-state index in [1.807, 2.05) is 0 Å². The maximum absolute atomic E-state index is 11.7. The molecule has 0 radical (unpaired) electrons. The Kier molecular flexibility index (Phi) is 4.50. The number of methoxy groups -OCH3 is 1. The lowest BCUT2D eigenvalue weighted by Gasteiger charge is -2.07. The van der Waals surface area contributed by atoms with E-state index in [0.29, 0.717) is 10.6 Å². The number of esters is 1. The van der Waals surface area contributed by atoms with Crippen LogP contribution in [0.15, 0.2) is 24.3 Å². The van der Waals surface area contributed by atoms with Crippen molar-refractivity contribution in [2.75, 3.05) is 7.11 Å². The molecule has 0 aliphatic rings. The summed E-state index contributed by atoms with van der Waals surface area (Å²) < 4.78 is 4.56. The summed E-state index contributed by atoms with van der Waals surface area (Å²) in [6.45, 7) is 1.67. The van der Waals surface area contributed by atoms with E-state index in [1.54, 1.807) is 31.2 Å². The van der Waals surface area contributed by atoms with Gasteiger partial charge in [0.05, 0.1) is 13.0 Å². The average molecular weight is 241 g/mol. The summed E-state index contributed by atoms with van der Waals surface area (Å²) in [7, 11) is 1.31. The van der Waals surface area contributed by atoms with Gasteiger partial charge in [0, 0.05) is 17.0 Å². The molecule has 0 heterocycles. The molecule has 16 heavy (non-hydrogen) atoms. The molecule has 1 aromatic carbocycles. The fraction of sp³-hybridized carbons (Fsp3) is 0.333. The number of carbonyl (C=O) groups excluding carboxylic acids is 2. The predicted octanol–water partition coefficient (Wildman–Crippen LogP) is 2.72. The summed E-state index contributed by atoms with van der Waals surface area (Å²) in [5.41, 5.74) is 0.556. The Balaban J connectivity index is 2.65. The molecule has 0 aliphatic heterocycles. The molecular weight excluding hydrogens is 228 g/mol. The van der Waals surface area contributed by atoms with Crippen molar-refractivity contribution in [1.82, 2.24) is 0 Å². The molecular formula is C12H13ClO3. The van der Waals surface area contributed by atoms with E-state index < -0.39 is 5.92 Å². The van der Waals surface area contributed by atoms with Crippen molar-refractivity contribution >= 4 is 23.4 Å². The summed E-state index contributed by atoms with van der Waals surface area (Å²) in [6, 6.07) is 6.60. The number of benzene rings is 1. The fourth-order valence-electron chi connectivity index (χ4n) is 1.32. The van der Waals surface area contributed by atoms with Crippen LogP contribution in [0.4, 0.5) is 0 Å². The molecule has 0 aromatic heterocycles. The number of rotatable bonds is 4. The highest BCUT2D eigenvalue weighted by Gasteiger charge is 2.18. The van der Waals surface area contributed by atoms with Crippen molar-refractivity contribution in [1.29, 1.82) is 0 Å². The highest BCUT2D eigenvalue weighted by atomic mass is 35.5. The smallest absolute Gasteiger partial charge is 0.308 e. The molecule has 4 heteroatoms. The zero-order chi connectivity index (χ0) is 12.1. The van der Waals surface area contributed by atoms with Gasteiger partial charge in [0.2, 0.25) is 0 Å². The highest BCUT2D eigenvalue weighted by molar-refractivity contribution is 6.30. The number of ether oxygens (including phenoxy) is 1. The Morgan fingerprint density at radius 1 is 1.31 bits per heavy atom. The fourth-order valence-corrected chi connectivity index (χ4v) is 1.44. The maximum Gasteiger partial charge on any atom is 0.308 e. The van der Waals surface area contributed by atoms with Gasteiger partial charge in [-0.3, -0.25) is 9.59 Å². The van der Waals surface area contributed by atoms with E-state index in [-0.39, 0.29) is 18.2 Å². The van der Waals surface area contributed by atoms with Crippen LogP contribution in [0.5, 0.6) is 0 Å². The zero-order valence-electron chi connectivity index (χ0n) is 9.20. The van der Waals surface area contributed by atoms with Gasteiger partial charge in [0.15, 0.2) is 5.78 Å². The molecule has 1 atom stereocenters. The molecule has 0 amide bonds. The van der Waals surface area contributed by atoms with Crippen molar-refractivity contribution in [3.8, 4) is 0 Å². The van der Waals surface area contributed by atoms with E-state index in [2.05, 4.69) is 4.74 Å². The Bertz CT molecular complexity index is 384. The molecule has 0 spiro atoms. The second kappa shape index (κ2) is 5.66. The van der Waals surface area contributed by atoms with Gasteiger partial charge < -0.3 is 4.74 Å². The molecule has 1 rings (SSSR count). The Morgan fingerprint density at radius 3 is 2.38 bits per heavy atom. The Morgan fingerprint density at radius 2 is 1.88 bits per heavy atom. The first kappa shape index (κ1) is 12.7. The molecule has 0 aliphatic carbocycles. The number of hydrogen-bond acceptors (Lipinski definition) is 3. The summed E-state index contributed by atoms with van der Waals surface area (Å²) >= 11 is 5.71. The molecule has 0 bridgehead atoms. The topological polar surface area (TPSA) is 43.4 Å². The van der Waals surface area contributed by atoms with Gasteiger partial charge in [0.25, 0.3) is 0 Å². The summed E-state index contributed by atoms with van der Waals surface area (Å²) in [6.07, 6.45) is 0.147. The molecule has 86 valence electrons. The minimum atomic E-state index is -0.423. The molecule has 1 unspecified atom stereocenters. The SMILES string of the molecule is COC(=O)C(C)CC(=O)c1ccc(Cl)cc1. The van der Waals surface area contributed by atoms with E-state index in [1.165, 1.54) is 7.11 Å². The van der Waals surface area contributed by atoms with Crippen LogP contribution in [0.1, 0.15) is 23.7 Å². The first-order valence-electron chi connectivity index (χ1n) is 4.91. The normalized spacial score (nSPS) is 11.9. The third-order valence-electron chi connectivity index (χ3n) is 2.26. The molecule has 0 saturated carbocycles. The molecule has 3 nitrogen and oxygen atoms in total. The van der Waals surface area contributed by atoms with E-state index in [0.717, 1.165) is 0 Å². The van der Waals surface area contributed by atoms with Crippen LogP contribution in [-0.2, 0) is 9.53 Å². The molecule has 0 fully saturated rings. The van der Waals surface area contributed by atoms with Crippen LogP contribution < -0.4 is 0 Å². The predicted molar refractivity (Wildman–Crippen MR) is 61.6 cm³/mol. The van der Waals surface area contributed by atoms with Crippen molar-refractivity contribution in [2.45, 2.75) is 13.3 Å². The molecule has 1 aromatic rings. The maximum atomic E-state index is 11.7. The van der Waals surface area contributed by atoms with Crippen LogP contribution in [-0.4, -0.2) is 18.9 Å². The van der Waals surface area contributed by atoms with E-state index in [4.69, 9.17) is 11.6 Å². The third kappa shape index (κ3) is 3.35. The van der Waals surface area contributed by atoms with Crippen LogP contribution in [0, 0.1) is 5.92 Å². The van der Waals surface area contributed by atoms with Gasteiger partial charge in [-0.2, -0.15) is 0 Å². The van der Waals surface area contributed by atoms with Crippen LogP contribution in [0.2, 0.25) is 5.02 Å². The first-order chi connectivity index (χ1) is 7.54. The Hall–Kier alpha value is -1.35. The standard InChI is InChI=1S/C12H13ClO3/c1-8(12(15)16-2)7-11(14)9-3-5-10(13)6-4-9/h3-6,8H,7H2,1-2H3. The van der Waals surface area contributed by atoms with Gasteiger partial charge in [-0.25, -0.2) is 0 Å². The van der Waals surface area contributed by atoms with Crippen molar-refractivity contribution in [2.24, 2.45) is 5.92 Å². The van der Waals surface area contributed by atoms with E-state index in [9.17, 15) is 9.59 Å². The quantitative estimate of drug-likeness (QED) is 0.600. The summed E-state index contributed by atoms with van der Waals surface area (Å²) in [5.74, 6) is -0.884. The largest absolute Gasteiger partial charge is 0.469 e. The van der Waals surface area contributed by atoms with Crippen LogP contribution in [0.3, 0.4) is 0 Å². The summed E-state index contributed by atoms with van der Waals surface area (Å²) in [5, 5.41) is 0.581. The average Bonchev–Trinajstić information content (AvgIpc) is 2.28. The highest BCUT2D eigenvalue weighted by Crippen LogP contribution is 2.14. The van der Waals surface area contributed by atoms with Crippen molar-refractivity contribution in [3.63, 3.8) is 0 Å². The van der Waals surface area contributed by atoms with Crippen LogP contribution >= 0.6 is 11.6 Å². The Labute approximate surface area is 99.4 Å². The number of hydrogen-bond donors (Lipinski definition) is 0. The number of halogens is 1. The third-order valence-corrected chi connectivity index (χ3v) is 2.51. The van der Waals surface area contributed by atoms with Crippen molar-refractivity contribution < 1.29 is 14.3 Å². The van der Waals surface area contributed by atoms with Gasteiger partial charge in [-0.15, -0.1) is 0 Å². The monoisotopic (exact) mass is 240 g/mol. The van der Waals surface area contributed by atoms with Crippen molar-refractivity contribution in [3.05, 3.63) is 34.9 Å². The van der Waals surface area contributed by atoms with Gasteiger partial charge in [-0.05, 0) is 24.3 Å². The second-order valence-corrected chi connectivity index (χ2v) is 3.99. The zero-order valence-corrected chi connectivity index (χ0v) is 9.95. The summed E-state index contributed by atoms with van der Waals surface area (Å²) in [4.78, 5) is 22.9. The van der Waals surface area contributed by atoms with Gasteiger partial charge >= 0.3 is 5.97 Å². The van der Waals surface area contributed by atoms with Crippen LogP contribution in [0.25, 0.3) is 0 Å². The number of ketones is 1. The number of carbonyl (C=O) groups is 2. The van der Waals surface area contributed by atoms with E-state index >= 15 is 0 Å². The lowest BCUT2D eigenvalue weighted by atomic mass is 10.00. The van der Waals surface area contributed by atoms with Gasteiger partial charge in [-0.1, -0.05) is 18.5 Å². The molecule has 0 N–H and O–H groups in total. The lowest BCUT2D eigenvalue weighted by molar-refractivity contribution is -0.144. The number of Topliss-reactive ketones (excluding diaryl/α,β-unsaturated/α-hetero) is 1.